The van der Waals surface area contributed by atoms with Gasteiger partial charge in [-0.1, -0.05) is 78.9 Å². The molecule has 0 radical (unpaired) electrons. The van der Waals surface area contributed by atoms with Crippen LogP contribution in [0.4, 0.5) is 21.1 Å². The average molecular weight is 667 g/mol. The number of nitrogens with zero attached hydrogens (tertiary/aromatic N) is 2. The minimum atomic E-state index is -1.39. The number of amides is 4. The average Bonchev–Trinajstić information content (AvgIpc) is 3.55. The van der Waals surface area contributed by atoms with E-state index in [1.54, 1.807) is 29.3 Å². The highest BCUT2D eigenvalue weighted by molar-refractivity contribution is 5.92. The van der Waals surface area contributed by atoms with Crippen molar-refractivity contribution in [3.63, 3.8) is 0 Å². The summed E-state index contributed by atoms with van der Waals surface area (Å²) < 4.78 is 11.4. The van der Waals surface area contributed by atoms with E-state index in [-0.39, 0.29) is 32.3 Å². The van der Waals surface area contributed by atoms with E-state index in [1.807, 2.05) is 84.9 Å². The summed E-state index contributed by atoms with van der Waals surface area (Å²) in [6.07, 6.45) is 1.11. The van der Waals surface area contributed by atoms with E-state index in [0.29, 0.717) is 24.5 Å². The number of nitrogens with one attached hydrogen (secondary N) is 4. The van der Waals surface area contributed by atoms with E-state index < -0.39 is 36.1 Å². The Kier molecular flexibility index (Phi) is 12.1. The van der Waals surface area contributed by atoms with Gasteiger partial charge in [0.15, 0.2) is 0 Å². The number of urea groups is 1. The number of anilines is 2. The highest BCUT2D eigenvalue weighted by Crippen LogP contribution is 2.23. The van der Waals surface area contributed by atoms with Crippen molar-refractivity contribution in [1.29, 1.82) is 0 Å². The van der Waals surface area contributed by atoms with Gasteiger partial charge in [-0.15, -0.1) is 0 Å². The molecule has 0 aliphatic carbocycles. The largest absolute Gasteiger partial charge is 0.480 e. The molecule has 0 spiro atoms. The summed E-state index contributed by atoms with van der Waals surface area (Å²) in [5.41, 5.74) is 3.31. The summed E-state index contributed by atoms with van der Waals surface area (Å²) in [6, 6.07) is 29.2. The van der Waals surface area contributed by atoms with Gasteiger partial charge < -0.3 is 40.7 Å². The van der Waals surface area contributed by atoms with Gasteiger partial charge in [0, 0.05) is 25.0 Å². The molecule has 3 aromatic carbocycles. The number of aliphatic carboxylic acids is 1. The molecule has 49 heavy (non-hydrogen) atoms. The van der Waals surface area contributed by atoms with Crippen molar-refractivity contribution in [2.75, 3.05) is 36.9 Å². The van der Waals surface area contributed by atoms with Gasteiger partial charge in [-0.25, -0.2) is 19.4 Å². The van der Waals surface area contributed by atoms with Crippen LogP contribution in [0.2, 0.25) is 0 Å². The monoisotopic (exact) mass is 666 g/mol. The van der Waals surface area contributed by atoms with E-state index in [0.717, 1.165) is 16.7 Å². The molecule has 13 heteroatoms. The molecule has 0 bridgehead atoms. The number of rotatable bonds is 14. The maximum absolute atomic E-state index is 13.1. The highest BCUT2D eigenvalue weighted by atomic mass is 16.6. The Labute approximate surface area is 283 Å². The Morgan fingerprint density at radius 2 is 1.57 bits per heavy atom. The molecule has 1 saturated heterocycles. The van der Waals surface area contributed by atoms with Gasteiger partial charge in [-0.2, -0.15) is 0 Å². The van der Waals surface area contributed by atoms with Crippen molar-refractivity contribution in [1.82, 2.24) is 20.5 Å². The maximum atomic E-state index is 13.1. The quantitative estimate of drug-likeness (QED) is 0.131. The van der Waals surface area contributed by atoms with Crippen LogP contribution < -0.4 is 21.3 Å². The molecular weight excluding hydrogens is 628 g/mol. The number of carboxylic acid groups (broad SMARTS) is 1. The zero-order valence-electron chi connectivity index (χ0n) is 26.7. The normalized spacial score (nSPS) is 15.9. The summed E-state index contributed by atoms with van der Waals surface area (Å²) in [6.45, 7) is -0.0425. The fraction of sp³-hybridized carbons (Fsp3) is 0.250. The minimum absolute atomic E-state index is 0.113. The van der Waals surface area contributed by atoms with Gasteiger partial charge in [0.2, 0.25) is 5.91 Å². The predicted molar refractivity (Wildman–Crippen MR) is 183 cm³/mol. The Hall–Kier alpha value is -5.95. The first-order chi connectivity index (χ1) is 23.8. The molecule has 5 N–H and O–H groups in total. The van der Waals surface area contributed by atoms with Crippen molar-refractivity contribution < 1.29 is 33.8 Å². The first-order valence-electron chi connectivity index (χ1n) is 15.8. The molecule has 1 aliphatic rings. The van der Waals surface area contributed by atoms with Crippen molar-refractivity contribution in [2.24, 2.45) is 0 Å². The van der Waals surface area contributed by atoms with Crippen LogP contribution in [-0.4, -0.2) is 83.4 Å². The van der Waals surface area contributed by atoms with Crippen LogP contribution >= 0.6 is 0 Å². The number of ether oxygens (including phenoxy) is 2. The number of carbonyl (C=O) groups excluding carboxylic acids is 3. The van der Waals surface area contributed by atoms with Gasteiger partial charge in [0.05, 0.1) is 18.7 Å². The standard InChI is InChI=1S/C36H38N6O7/c43-33(39-21-31(34(44)45)41-35(46)40-28-16-14-27(15-17-28)26-11-5-2-6-12-26)24-48-30-19-29(20-38-32-13-7-8-18-37-32)42(22-30)36(47)49-23-25-9-3-1-4-10-25/h1-18,29-31H,19-24H2,(H,37,38)(H,39,43)(H,44,45)(H2,40,41,46). The topological polar surface area (TPSA) is 171 Å². The van der Waals surface area contributed by atoms with Gasteiger partial charge in [0.25, 0.3) is 0 Å². The van der Waals surface area contributed by atoms with E-state index in [2.05, 4.69) is 26.3 Å². The fourth-order valence-electron chi connectivity index (χ4n) is 5.27. The number of carbonyl (C=O) groups is 4. The summed E-state index contributed by atoms with van der Waals surface area (Å²) in [4.78, 5) is 55.9. The molecule has 4 aromatic rings. The number of hydrogen-bond donors (Lipinski definition) is 5. The third-order valence-corrected chi connectivity index (χ3v) is 7.81. The lowest BCUT2D eigenvalue weighted by Gasteiger charge is -2.24. The van der Waals surface area contributed by atoms with Gasteiger partial charge in [-0.3, -0.25) is 4.79 Å². The van der Waals surface area contributed by atoms with Crippen LogP contribution in [0.3, 0.4) is 0 Å². The molecule has 1 fully saturated rings. The number of likely N-dealkylation sites (tertiary alicyclic amines) is 1. The first-order valence-corrected chi connectivity index (χ1v) is 15.8. The van der Waals surface area contributed by atoms with Crippen molar-refractivity contribution in [3.05, 3.63) is 115 Å². The van der Waals surface area contributed by atoms with E-state index in [9.17, 15) is 24.3 Å². The molecule has 13 nitrogen and oxygen atoms in total. The number of pyridine rings is 1. The van der Waals surface area contributed by atoms with Crippen molar-refractivity contribution in [2.45, 2.75) is 31.2 Å². The summed E-state index contributed by atoms with van der Waals surface area (Å²) in [5, 5.41) is 20.3. The van der Waals surface area contributed by atoms with Gasteiger partial charge in [0.1, 0.15) is 25.1 Å². The summed E-state index contributed by atoms with van der Waals surface area (Å²) in [5.74, 6) is -1.24. The predicted octanol–water partition coefficient (Wildman–Crippen LogP) is 4.35. The van der Waals surface area contributed by atoms with Crippen LogP contribution in [-0.2, 0) is 25.7 Å². The zero-order chi connectivity index (χ0) is 34.4. The molecule has 0 saturated carbocycles. The second-order valence-electron chi connectivity index (χ2n) is 11.3. The second kappa shape index (κ2) is 17.3. The third kappa shape index (κ3) is 10.5. The van der Waals surface area contributed by atoms with E-state index >= 15 is 0 Å². The molecule has 3 unspecified atom stereocenters. The molecule has 1 aromatic heterocycles. The van der Waals surface area contributed by atoms with Crippen molar-refractivity contribution >= 4 is 35.5 Å². The van der Waals surface area contributed by atoms with Crippen LogP contribution in [0, 0.1) is 0 Å². The SMILES string of the molecule is O=C(COC1CC(CNc2ccccn2)N(C(=O)OCc2ccccc2)C1)NCC(NC(=O)Nc1ccc(-c2ccccc2)cc1)C(=O)O. The van der Waals surface area contributed by atoms with E-state index in [1.165, 1.54) is 0 Å². The Balaban J connectivity index is 1.08. The Morgan fingerprint density at radius 3 is 2.27 bits per heavy atom. The van der Waals surface area contributed by atoms with Gasteiger partial charge in [-0.05, 0) is 47.4 Å². The van der Waals surface area contributed by atoms with Gasteiger partial charge >= 0.3 is 18.1 Å². The first kappa shape index (κ1) is 34.4. The molecular formula is C36H38N6O7. The molecule has 1 aliphatic heterocycles. The number of aromatic nitrogens is 1. The smallest absolute Gasteiger partial charge is 0.410 e. The summed E-state index contributed by atoms with van der Waals surface area (Å²) >= 11 is 0. The fourth-order valence-corrected chi connectivity index (χ4v) is 5.27. The zero-order valence-corrected chi connectivity index (χ0v) is 26.7. The number of hydrogen-bond acceptors (Lipinski definition) is 8. The molecule has 5 rings (SSSR count). The number of benzene rings is 3. The maximum Gasteiger partial charge on any atom is 0.410 e. The molecule has 3 atom stereocenters. The second-order valence-corrected chi connectivity index (χ2v) is 11.3. The highest BCUT2D eigenvalue weighted by Gasteiger charge is 2.37. The van der Waals surface area contributed by atoms with Crippen LogP contribution in [0.15, 0.2) is 109 Å². The van der Waals surface area contributed by atoms with Crippen LogP contribution in [0.25, 0.3) is 11.1 Å². The van der Waals surface area contributed by atoms with Crippen molar-refractivity contribution in [3.8, 4) is 11.1 Å². The Morgan fingerprint density at radius 1 is 0.878 bits per heavy atom. The van der Waals surface area contributed by atoms with E-state index in [4.69, 9.17) is 9.47 Å². The lowest BCUT2D eigenvalue weighted by molar-refractivity contribution is -0.139. The Bertz CT molecular complexity index is 1680. The summed E-state index contributed by atoms with van der Waals surface area (Å²) in [7, 11) is 0. The minimum Gasteiger partial charge on any atom is -0.480 e. The lowest BCUT2D eigenvalue weighted by atomic mass is 10.1. The third-order valence-electron chi connectivity index (χ3n) is 7.81. The molecule has 254 valence electrons. The number of carboxylic acids is 1. The lowest BCUT2D eigenvalue weighted by Crippen LogP contribution is -2.50. The van der Waals surface area contributed by atoms with Crippen LogP contribution in [0.1, 0.15) is 12.0 Å². The molecule has 2 heterocycles. The molecule has 4 amide bonds. The van der Waals surface area contributed by atoms with Crippen LogP contribution in [0.5, 0.6) is 0 Å².